The number of rotatable bonds is 8. The maximum Gasteiger partial charge on any atom is 0.254 e. The number of halogens is 1. The Morgan fingerprint density at radius 1 is 1.09 bits per heavy atom. The summed E-state index contributed by atoms with van der Waals surface area (Å²) < 4.78 is 8.16. The Labute approximate surface area is 198 Å². The van der Waals surface area contributed by atoms with Gasteiger partial charge in [-0.1, -0.05) is 23.7 Å². The lowest BCUT2D eigenvalue weighted by molar-refractivity contribution is 0.0780. The molecular weight excluding hydrogens is 436 g/mol. The molecule has 0 aliphatic carbocycles. The van der Waals surface area contributed by atoms with Crippen molar-refractivity contribution in [3.05, 3.63) is 88.5 Å². The van der Waals surface area contributed by atoms with Gasteiger partial charge in [0, 0.05) is 36.6 Å². The van der Waals surface area contributed by atoms with Gasteiger partial charge in [-0.15, -0.1) is 0 Å². The number of nitrogens with zero attached hydrogens (tertiary/aromatic N) is 4. The lowest BCUT2D eigenvalue weighted by atomic mass is 10.1. The largest absolute Gasteiger partial charge is 0.494 e. The highest BCUT2D eigenvalue weighted by Gasteiger charge is 2.17. The predicted molar refractivity (Wildman–Crippen MR) is 131 cm³/mol. The SMILES string of the molecule is Cc1cc(OCCCn2c(CN(C)C(=O)c3ccncc3)nc3ccccc32)cc(C)c1Cl. The molecule has 4 rings (SSSR count). The van der Waals surface area contributed by atoms with Crippen molar-refractivity contribution in [1.29, 1.82) is 0 Å². The number of fused-ring (bicyclic) bond motifs is 1. The molecule has 0 aliphatic heterocycles. The molecule has 0 aliphatic rings. The molecule has 0 bridgehead atoms. The van der Waals surface area contributed by atoms with Crippen molar-refractivity contribution in [2.75, 3.05) is 13.7 Å². The molecule has 2 aromatic heterocycles. The maximum atomic E-state index is 12.8. The van der Waals surface area contributed by atoms with Crippen LogP contribution in [0.5, 0.6) is 5.75 Å². The van der Waals surface area contributed by atoms with Crippen molar-refractivity contribution >= 4 is 28.5 Å². The molecule has 6 nitrogen and oxygen atoms in total. The molecule has 0 unspecified atom stereocenters. The van der Waals surface area contributed by atoms with E-state index in [-0.39, 0.29) is 5.91 Å². The van der Waals surface area contributed by atoms with E-state index in [1.807, 2.05) is 44.2 Å². The lowest BCUT2D eigenvalue weighted by Gasteiger charge is -2.18. The molecule has 0 saturated heterocycles. The van der Waals surface area contributed by atoms with Gasteiger partial charge < -0.3 is 14.2 Å². The zero-order valence-electron chi connectivity index (χ0n) is 19.1. The summed E-state index contributed by atoms with van der Waals surface area (Å²) in [6.45, 7) is 5.68. The first-order valence-corrected chi connectivity index (χ1v) is 11.3. The van der Waals surface area contributed by atoms with E-state index in [1.54, 1.807) is 36.5 Å². The van der Waals surface area contributed by atoms with Crippen LogP contribution in [0.25, 0.3) is 11.0 Å². The Morgan fingerprint density at radius 2 is 1.79 bits per heavy atom. The number of carbonyl (C=O) groups excluding carboxylic acids is 1. The smallest absolute Gasteiger partial charge is 0.254 e. The Bertz CT molecular complexity index is 1250. The molecule has 0 spiro atoms. The van der Waals surface area contributed by atoms with Gasteiger partial charge in [0.25, 0.3) is 5.91 Å². The molecule has 4 aromatic rings. The summed E-state index contributed by atoms with van der Waals surface area (Å²) in [5, 5.41) is 0.780. The van der Waals surface area contributed by atoms with Crippen LogP contribution in [0, 0.1) is 13.8 Å². The summed E-state index contributed by atoms with van der Waals surface area (Å²) in [6, 6.07) is 15.4. The van der Waals surface area contributed by atoms with Crippen molar-refractivity contribution in [3.63, 3.8) is 0 Å². The van der Waals surface area contributed by atoms with Gasteiger partial charge >= 0.3 is 0 Å². The molecule has 0 radical (unpaired) electrons. The second-order valence-electron chi connectivity index (χ2n) is 8.14. The first-order valence-electron chi connectivity index (χ1n) is 10.9. The van der Waals surface area contributed by atoms with Crippen molar-refractivity contribution < 1.29 is 9.53 Å². The molecule has 0 saturated carbocycles. The van der Waals surface area contributed by atoms with Crippen molar-refractivity contribution in [1.82, 2.24) is 19.4 Å². The Balaban J connectivity index is 1.46. The van der Waals surface area contributed by atoms with Crippen LogP contribution in [-0.2, 0) is 13.1 Å². The van der Waals surface area contributed by atoms with Crippen molar-refractivity contribution in [3.8, 4) is 5.75 Å². The van der Waals surface area contributed by atoms with E-state index < -0.39 is 0 Å². The zero-order valence-corrected chi connectivity index (χ0v) is 19.8. The number of amides is 1. The number of hydrogen-bond donors (Lipinski definition) is 0. The average molecular weight is 463 g/mol. The molecule has 0 N–H and O–H groups in total. The van der Waals surface area contributed by atoms with Crippen LogP contribution in [-0.4, -0.2) is 39.0 Å². The van der Waals surface area contributed by atoms with Gasteiger partial charge in [-0.05, 0) is 67.8 Å². The minimum absolute atomic E-state index is 0.0622. The van der Waals surface area contributed by atoms with E-state index in [2.05, 4.69) is 15.6 Å². The molecular formula is C26H27ClN4O2. The summed E-state index contributed by atoms with van der Waals surface area (Å²) in [7, 11) is 1.79. The van der Waals surface area contributed by atoms with Crippen LogP contribution < -0.4 is 4.74 Å². The van der Waals surface area contributed by atoms with Crippen molar-refractivity contribution in [2.24, 2.45) is 0 Å². The van der Waals surface area contributed by atoms with Crippen LogP contribution in [0.1, 0.15) is 33.7 Å². The molecule has 0 fully saturated rings. The van der Waals surface area contributed by atoms with Crippen LogP contribution in [0.2, 0.25) is 5.02 Å². The zero-order chi connectivity index (χ0) is 23.4. The lowest BCUT2D eigenvalue weighted by Crippen LogP contribution is -2.28. The van der Waals surface area contributed by atoms with E-state index in [4.69, 9.17) is 21.3 Å². The van der Waals surface area contributed by atoms with Gasteiger partial charge in [-0.25, -0.2) is 4.98 Å². The summed E-state index contributed by atoms with van der Waals surface area (Å²) in [5.74, 6) is 1.61. The van der Waals surface area contributed by atoms with Gasteiger partial charge in [0.1, 0.15) is 11.6 Å². The second kappa shape index (κ2) is 10.0. The van der Waals surface area contributed by atoms with Gasteiger partial charge in [-0.3, -0.25) is 9.78 Å². The molecule has 33 heavy (non-hydrogen) atoms. The second-order valence-corrected chi connectivity index (χ2v) is 8.52. The quantitative estimate of drug-likeness (QED) is 0.327. The number of para-hydroxylation sites is 2. The van der Waals surface area contributed by atoms with Crippen LogP contribution in [0.3, 0.4) is 0 Å². The normalized spacial score (nSPS) is 11.0. The van der Waals surface area contributed by atoms with Crippen molar-refractivity contribution in [2.45, 2.75) is 33.4 Å². The van der Waals surface area contributed by atoms with Gasteiger partial charge in [0.05, 0.1) is 24.2 Å². The van der Waals surface area contributed by atoms with Gasteiger partial charge in [0.2, 0.25) is 0 Å². The Morgan fingerprint density at radius 3 is 2.52 bits per heavy atom. The topological polar surface area (TPSA) is 60.2 Å². The van der Waals surface area contributed by atoms with E-state index in [0.717, 1.165) is 51.7 Å². The number of aromatic nitrogens is 3. The predicted octanol–water partition coefficient (Wildman–Crippen LogP) is 5.44. The molecule has 1 amide bonds. The van der Waals surface area contributed by atoms with Gasteiger partial charge in [0.15, 0.2) is 0 Å². The number of aryl methyl sites for hydroxylation is 3. The maximum absolute atomic E-state index is 12.8. The molecule has 7 heteroatoms. The highest BCUT2D eigenvalue weighted by molar-refractivity contribution is 6.32. The Kier molecular flexibility index (Phi) is 6.94. The number of pyridine rings is 1. The van der Waals surface area contributed by atoms with Gasteiger partial charge in [-0.2, -0.15) is 0 Å². The number of benzene rings is 2. The molecule has 170 valence electrons. The fourth-order valence-electron chi connectivity index (χ4n) is 3.90. The summed E-state index contributed by atoms with van der Waals surface area (Å²) >= 11 is 6.26. The number of hydrogen-bond acceptors (Lipinski definition) is 4. The number of ether oxygens (including phenoxy) is 1. The van der Waals surface area contributed by atoms with Crippen LogP contribution in [0.15, 0.2) is 60.9 Å². The van der Waals surface area contributed by atoms with E-state index >= 15 is 0 Å². The fourth-order valence-corrected chi connectivity index (χ4v) is 4.01. The first kappa shape index (κ1) is 22.8. The summed E-state index contributed by atoms with van der Waals surface area (Å²) in [5.41, 5.74) is 4.60. The van der Waals surface area contributed by atoms with Crippen LogP contribution >= 0.6 is 11.6 Å². The minimum atomic E-state index is -0.0622. The monoisotopic (exact) mass is 462 g/mol. The summed E-state index contributed by atoms with van der Waals surface area (Å²) in [4.78, 5) is 23.3. The molecule has 2 aromatic carbocycles. The first-order chi connectivity index (χ1) is 15.9. The highest BCUT2D eigenvalue weighted by atomic mass is 35.5. The highest BCUT2D eigenvalue weighted by Crippen LogP contribution is 2.26. The number of carbonyl (C=O) groups is 1. The average Bonchev–Trinajstić information content (AvgIpc) is 3.17. The molecule has 2 heterocycles. The molecule has 0 atom stereocenters. The third-order valence-electron chi connectivity index (χ3n) is 5.59. The minimum Gasteiger partial charge on any atom is -0.494 e. The fraction of sp³-hybridized carbons (Fsp3) is 0.269. The summed E-state index contributed by atoms with van der Waals surface area (Å²) in [6.07, 6.45) is 4.05. The van der Waals surface area contributed by atoms with Crippen LogP contribution in [0.4, 0.5) is 0 Å². The standard InChI is InChI=1S/C26H27ClN4O2/c1-18-15-21(16-19(2)25(18)27)33-14-6-13-31-23-8-5-4-7-22(23)29-24(31)17-30(3)26(32)20-9-11-28-12-10-20/h4-5,7-12,15-16H,6,13-14,17H2,1-3H3. The van der Waals surface area contributed by atoms with E-state index in [9.17, 15) is 4.79 Å². The third-order valence-corrected chi connectivity index (χ3v) is 6.19. The van der Waals surface area contributed by atoms with E-state index in [0.29, 0.717) is 18.7 Å². The van der Waals surface area contributed by atoms with E-state index in [1.165, 1.54) is 0 Å². The third kappa shape index (κ3) is 5.17. The Hall–Kier alpha value is -3.38. The number of imidazole rings is 1.